The molecule has 0 aromatic heterocycles. The highest BCUT2D eigenvalue weighted by molar-refractivity contribution is 5.88. The summed E-state index contributed by atoms with van der Waals surface area (Å²) in [5, 5.41) is 10.8. The third kappa shape index (κ3) is 3.50. The minimum atomic E-state index is -1.61. The lowest BCUT2D eigenvalue weighted by Gasteiger charge is -2.35. The van der Waals surface area contributed by atoms with Gasteiger partial charge in [-0.15, -0.1) is 0 Å². The number of rotatable bonds is 3. The Bertz CT molecular complexity index is 806. The zero-order valence-corrected chi connectivity index (χ0v) is 17.9. The maximum Gasteiger partial charge on any atom is 0.338 e. The molecule has 1 saturated heterocycles. The van der Waals surface area contributed by atoms with Crippen LogP contribution in [-0.4, -0.2) is 46.4 Å². The van der Waals surface area contributed by atoms with E-state index in [9.17, 15) is 19.5 Å². The summed E-state index contributed by atoms with van der Waals surface area (Å²) < 4.78 is 17.1. The molecule has 29 heavy (non-hydrogen) atoms. The third-order valence-electron chi connectivity index (χ3n) is 6.87. The molecule has 0 radical (unpaired) electrons. The Morgan fingerprint density at radius 2 is 1.93 bits per heavy atom. The normalized spacial score (nSPS) is 39.4. The van der Waals surface area contributed by atoms with Crippen LogP contribution >= 0.6 is 0 Å². The molecule has 3 aliphatic rings. The van der Waals surface area contributed by atoms with Gasteiger partial charge in [0.1, 0.15) is 17.8 Å². The molecule has 0 unspecified atom stereocenters. The first-order valence-corrected chi connectivity index (χ1v) is 10.1. The Morgan fingerprint density at radius 3 is 2.52 bits per heavy atom. The summed E-state index contributed by atoms with van der Waals surface area (Å²) in [4.78, 5) is 36.5. The molecular formula is C22H30O7. The van der Waals surface area contributed by atoms with Gasteiger partial charge >= 0.3 is 17.9 Å². The van der Waals surface area contributed by atoms with Crippen LogP contribution < -0.4 is 0 Å². The topological polar surface area (TPSA) is 99.1 Å². The number of ether oxygens (including phenoxy) is 3. The molecule has 160 valence electrons. The number of aliphatic hydroxyl groups is 1. The SMILES string of the molecule is C/C=C(\C)C(=O)O[C@H]1C[C@@H]2C(=C1C)[C@@H]1OC(=O)[C@@](C)(O)[C@@H]1CC[C@@]2(C)OC(C)=O. The largest absolute Gasteiger partial charge is 0.459 e. The summed E-state index contributed by atoms with van der Waals surface area (Å²) in [6, 6.07) is 0. The van der Waals surface area contributed by atoms with E-state index in [-0.39, 0.29) is 5.92 Å². The second-order valence-corrected chi connectivity index (χ2v) is 8.82. The summed E-state index contributed by atoms with van der Waals surface area (Å²) in [5.41, 5.74) is -0.344. The van der Waals surface area contributed by atoms with Crippen LogP contribution in [0.5, 0.6) is 0 Å². The quantitative estimate of drug-likeness (QED) is 0.333. The Kier molecular flexibility index (Phi) is 5.41. The molecule has 6 atom stereocenters. The average Bonchev–Trinajstić information content (AvgIpc) is 3.01. The first-order valence-electron chi connectivity index (χ1n) is 10.1. The van der Waals surface area contributed by atoms with Crippen LogP contribution in [0.3, 0.4) is 0 Å². The highest BCUT2D eigenvalue weighted by atomic mass is 16.6. The molecule has 0 aromatic rings. The van der Waals surface area contributed by atoms with Gasteiger partial charge in [-0.25, -0.2) is 9.59 Å². The fourth-order valence-corrected chi connectivity index (χ4v) is 5.00. The summed E-state index contributed by atoms with van der Waals surface area (Å²) >= 11 is 0. The predicted molar refractivity (Wildman–Crippen MR) is 104 cm³/mol. The predicted octanol–water partition coefficient (Wildman–Crippen LogP) is 2.61. The molecule has 0 spiro atoms. The Hall–Kier alpha value is -2.15. The number of fused-ring (bicyclic) bond motifs is 3. The molecule has 1 saturated carbocycles. The summed E-state index contributed by atoms with van der Waals surface area (Å²) in [7, 11) is 0. The van der Waals surface area contributed by atoms with E-state index in [1.807, 2.05) is 13.8 Å². The number of allylic oxidation sites excluding steroid dienone is 1. The van der Waals surface area contributed by atoms with Gasteiger partial charge in [0.15, 0.2) is 5.60 Å². The Balaban J connectivity index is 2.04. The van der Waals surface area contributed by atoms with Gasteiger partial charge in [0.05, 0.1) is 0 Å². The molecule has 1 N–H and O–H groups in total. The lowest BCUT2D eigenvalue weighted by atomic mass is 9.81. The fourth-order valence-electron chi connectivity index (χ4n) is 5.00. The van der Waals surface area contributed by atoms with Crippen LogP contribution in [0.1, 0.15) is 60.8 Å². The van der Waals surface area contributed by atoms with Gasteiger partial charge in [0, 0.05) is 24.3 Å². The second kappa shape index (κ2) is 7.27. The first-order chi connectivity index (χ1) is 13.4. The standard InChI is InChI=1S/C22H30O7/c1-7-11(2)19(24)27-16-10-15-17(12(16)3)18-14(22(6,26)20(25)28-18)8-9-21(15,5)29-13(4)23/h7,14-16,18,26H,8-10H2,1-6H3/b11-7+/t14-,15-,16+,18-,21-,22+/m1/s1. The van der Waals surface area contributed by atoms with E-state index in [1.165, 1.54) is 13.8 Å². The van der Waals surface area contributed by atoms with E-state index in [1.54, 1.807) is 19.9 Å². The molecule has 1 heterocycles. The third-order valence-corrected chi connectivity index (χ3v) is 6.87. The van der Waals surface area contributed by atoms with E-state index in [2.05, 4.69) is 0 Å². The van der Waals surface area contributed by atoms with Crippen molar-refractivity contribution in [3.63, 3.8) is 0 Å². The van der Waals surface area contributed by atoms with Crippen LogP contribution in [-0.2, 0) is 28.6 Å². The van der Waals surface area contributed by atoms with E-state index < -0.39 is 47.2 Å². The molecule has 7 nitrogen and oxygen atoms in total. The first kappa shape index (κ1) is 21.6. The molecule has 7 heteroatoms. The lowest BCUT2D eigenvalue weighted by Crippen LogP contribution is -2.40. The number of carbonyl (C=O) groups is 3. The molecule has 2 fully saturated rings. The molecule has 0 bridgehead atoms. The maximum atomic E-state index is 12.3. The van der Waals surface area contributed by atoms with Crippen LogP contribution in [0.15, 0.2) is 22.8 Å². The molecule has 0 amide bonds. The highest BCUT2D eigenvalue weighted by Gasteiger charge is 2.61. The second-order valence-electron chi connectivity index (χ2n) is 8.82. The smallest absolute Gasteiger partial charge is 0.338 e. The van der Waals surface area contributed by atoms with Crippen molar-refractivity contribution in [2.75, 3.05) is 0 Å². The monoisotopic (exact) mass is 406 g/mol. The minimum absolute atomic E-state index is 0.271. The van der Waals surface area contributed by atoms with Gasteiger partial charge < -0.3 is 19.3 Å². The number of carbonyl (C=O) groups excluding carboxylic acids is 3. The van der Waals surface area contributed by atoms with Gasteiger partial charge in [-0.05, 0) is 65.0 Å². The van der Waals surface area contributed by atoms with Crippen LogP contribution in [0.4, 0.5) is 0 Å². The van der Waals surface area contributed by atoms with E-state index in [0.717, 1.165) is 11.1 Å². The number of esters is 3. The summed E-state index contributed by atoms with van der Waals surface area (Å²) in [5.74, 6) is -2.17. The van der Waals surface area contributed by atoms with Crippen molar-refractivity contribution in [1.82, 2.24) is 0 Å². The maximum absolute atomic E-state index is 12.3. The molecule has 3 rings (SSSR count). The fraction of sp³-hybridized carbons (Fsp3) is 0.682. The van der Waals surface area contributed by atoms with Crippen molar-refractivity contribution in [3.05, 3.63) is 22.8 Å². The van der Waals surface area contributed by atoms with Crippen LogP contribution in [0, 0.1) is 11.8 Å². The summed E-state index contributed by atoms with van der Waals surface area (Å²) in [6.07, 6.45) is 1.95. The number of hydrogen-bond acceptors (Lipinski definition) is 7. The molecule has 0 aromatic carbocycles. The molecule has 1 aliphatic heterocycles. The summed E-state index contributed by atoms with van der Waals surface area (Å²) in [6.45, 7) is 10.0. The van der Waals surface area contributed by atoms with Gasteiger partial charge in [-0.2, -0.15) is 0 Å². The van der Waals surface area contributed by atoms with E-state index in [0.29, 0.717) is 24.8 Å². The van der Waals surface area contributed by atoms with Gasteiger partial charge in [0.2, 0.25) is 0 Å². The highest BCUT2D eigenvalue weighted by Crippen LogP contribution is 2.54. The minimum Gasteiger partial charge on any atom is -0.459 e. The van der Waals surface area contributed by atoms with E-state index in [4.69, 9.17) is 14.2 Å². The number of hydrogen-bond donors (Lipinski definition) is 1. The zero-order chi connectivity index (χ0) is 21.7. The van der Waals surface area contributed by atoms with Crippen LogP contribution in [0.2, 0.25) is 0 Å². The zero-order valence-electron chi connectivity index (χ0n) is 17.9. The van der Waals surface area contributed by atoms with Gasteiger partial charge in [-0.1, -0.05) is 6.08 Å². The van der Waals surface area contributed by atoms with Crippen molar-refractivity contribution in [2.45, 2.75) is 84.2 Å². The van der Waals surface area contributed by atoms with E-state index >= 15 is 0 Å². The van der Waals surface area contributed by atoms with Crippen LogP contribution in [0.25, 0.3) is 0 Å². The lowest BCUT2D eigenvalue weighted by molar-refractivity contribution is -0.164. The Morgan fingerprint density at radius 1 is 1.28 bits per heavy atom. The Labute approximate surface area is 171 Å². The van der Waals surface area contributed by atoms with Crippen molar-refractivity contribution >= 4 is 17.9 Å². The molecular weight excluding hydrogens is 376 g/mol. The van der Waals surface area contributed by atoms with Crippen molar-refractivity contribution in [2.24, 2.45) is 11.8 Å². The average molecular weight is 406 g/mol. The van der Waals surface area contributed by atoms with Gasteiger partial charge in [-0.3, -0.25) is 4.79 Å². The van der Waals surface area contributed by atoms with Crippen molar-refractivity contribution in [3.8, 4) is 0 Å². The molecule has 2 aliphatic carbocycles. The van der Waals surface area contributed by atoms with Crippen molar-refractivity contribution in [1.29, 1.82) is 0 Å². The van der Waals surface area contributed by atoms with Crippen molar-refractivity contribution < 1.29 is 33.7 Å². The van der Waals surface area contributed by atoms with Gasteiger partial charge in [0.25, 0.3) is 0 Å².